The Bertz CT molecular complexity index is 731. The largest absolute Gasteiger partial charge is 0.489 e. The predicted octanol–water partition coefficient (Wildman–Crippen LogP) is 2.85. The first-order valence-corrected chi connectivity index (χ1v) is 7.64. The first-order chi connectivity index (χ1) is 9.62. The third-order valence-corrected chi connectivity index (χ3v) is 5.53. The Kier molecular flexibility index (Phi) is 2.48. The predicted molar refractivity (Wildman–Crippen MR) is 75.5 cm³/mol. The van der Waals surface area contributed by atoms with Gasteiger partial charge in [0.15, 0.2) is 10.6 Å². The molecule has 7 heteroatoms. The summed E-state index contributed by atoms with van der Waals surface area (Å²) in [4.78, 5) is 16.3. The number of aromatic nitrogens is 1. The molecule has 2 aromatic rings. The van der Waals surface area contributed by atoms with Crippen molar-refractivity contribution in [1.82, 2.24) is 4.98 Å². The monoisotopic (exact) mass is 353 g/mol. The maximum Gasteiger partial charge on any atom is 0.365 e. The number of fused-ring (bicyclic) bond motifs is 4. The van der Waals surface area contributed by atoms with Gasteiger partial charge in [0.2, 0.25) is 5.01 Å². The average molecular weight is 354 g/mol. The van der Waals surface area contributed by atoms with Gasteiger partial charge in [-0.3, -0.25) is 0 Å². The molecule has 2 aliphatic heterocycles. The molecule has 2 aliphatic rings. The summed E-state index contributed by atoms with van der Waals surface area (Å²) < 4.78 is 11.4. The average Bonchev–Trinajstić information content (AvgIpc) is 2.93. The van der Waals surface area contributed by atoms with E-state index in [2.05, 4.69) is 20.9 Å². The summed E-state index contributed by atoms with van der Waals surface area (Å²) in [5, 5.41) is 9.07. The van der Waals surface area contributed by atoms with Gasteiger partial charge >= 0.3 is 5.97 Å². The maximum atomic E-state index is 11.2. The van der Waals surface area contributed by atoms with Crippen molar-refractivity contribution in [2.45, 2.75) is 10.6 Å². The fourth-order valence-electron chi connectivity index (χ4n) is 2.33. The molecule has 0 saturated carbocycles. The standard InChI is InChI=1S/C13H8BrNO4S/c14-12-13(19-12)5-18-7-4-2-1-3-6(7)8-9(13)20-10(15-8)11(16)17/h1-4,12H,5H2,(H,16,17). The van der Waals surface area contributed by atoms with Crippen molar-refractivity contribution < 1.29 is 19.4 Å². The lowest BCUT2D eigenvalue weighted by molar-refractivity contribution is 0.0696. The van der Waals surface area contributed by atoms with Crippen molar-refractivity contribution in [3.05, 3.63) is 34.2 Å². The van der Waals surface area contributed by atoms with Crippen LogP contribution in [-0.4, -0.2) is 27.7 Å². The van der Waals surface area contributed by atoms with Crippen LogP contribution in [0.2, 0.25) is 0 Å². The highest BCUT2D eigenvalue weighted by atomic mass is 79.9. The van der Waals surface area contributed by atoms with Gasteiger partial charge in [-0.15, -0.1) is 11.3 Å². The number of carboxylic acids is 1. The van der Waals surface area contributed by atoms with Crippen molar-refractivity contribution in [2.75, 3.05) is 6.61 Å². The second kappa shape index (κ2) is 4.03. The van der Waals surface area contributed by atoms with Crippen LogP contribution in [0.1, 0.15) is 14.7 Å². The molecule has 20 heavy (non-hydrogen) atoms. The number of nitrogens with zero attached hydrogens (tertiary/aromatic N) is 1. The van der Waals surface area contributed by atoms with Crippen LogP contribution in [0.25, 0.3) is 11.3 Å². The fourth-order valence-corrected chi connectivity index (χ4v) is 4.23. The number of epoxide rings is 1. The van der Waals surface area contributed by atoms with Crippen LogP contribution in [-0.2, 0) is 10.3 Å². The van der Waals surface area contributed by atoms with Gasteiger partial charge in [-0.25, -0.2) is 9.78 Å². The molecule has 102 valence electrons. The smallest absolute Gasteiger partial charge is 0.365 e. The molecule has 0 radical (unpaired) electrons. The first-order valence-electron chi connectivity index (χ1n) is 5.90. The molecular formula is C13H8BrNO4S. The zero-order valence-electron chi connectivity index (χ0n) is 10.00. The van der Waals surface area contributed by atoms with E-state index in [1.165, 1.54) is 0 Å². The summed E-state index contributed by atoms with van der Waals surface area (Å²) >= 11 is 4.57. The van der Waals surface area contributed by atoms with Crippen LogP contribution in [0.5, 0.6) is 5.75 Å². The normalized spacial score (nSPS) is 26.4. The van der Waals surface area contributed by atoms with E-state index < -0.39 is 11.6 Å². The minimum absolute atomic E-state index is 0.0706. The second-order valence-corrected chi connectivity index (χ2v) is 6.44. The van der Waals surface area contributed by atoms with Crippen molar-refractivity contribution >= 4 is 33.2 Å². The second-order valence-electron chi connectivity index (χ2n) is 4.61. The van der Waals surface area contributed by atoms with E-state index in [1.54, 1.807) is 0 Å². The number of carbonyl (C=O) groups is 1. The molecule has 1 spiro atoms. The van der Waals surface area contributed by atoms with Crippen LogP contribution in [0.15, 0.2) is 24.3 Å². The van der Waals surface area contributed by atoms with Gasteiger partial charge in [0.05, 0.1) is 10.6 Å². The van der Waals surface area contributed by atoms with Crippen LogP contribution >= 0.6 is 27.3 Å². The number of hydrogen-bond acceptors (Lipinski definition) is 5. The highest BCUT2D eigenvalue weighted by Gasteiger charge is 2.61. The number of benzene rings is 1. The highest BCUT2D eigenvalue weighted by Crippen LogP contribution is 2.56. The Balaban J connectivity index is 1.98. The quantitative estimate of drug-likeness (QED) is 0.630. The molecule has 1 aromatic carbocycles. The minimum atomic E-state index is -1.02. The van der Waals surface area contributed by atoms with Crippen LogP contribution < -0.4 is 4.74 Å². The molecule has 0 amide bonds. The number of thiazole rings is 1. The third-order valence-electron chi connectivity index (χ3n) is 3.40. The van der Waals surface area contributed by atoms with Gasteiger partial charge in [0, 0.05) is 5.56 Å². The molecule has 3 heterocycles. The van der Waals surface area contributed by atoms with E-state index >= 15 is 0 Å². The van der Waals surface area contributed by atoms with Gasteiger partial charge in [-0.1, -0.05) is 28.1 Å². The molecule has 0 aliphatic carbocycles. The number of alkyl halides is 1. The molecule has 5 nitrogen and oxygen atoms in total. The molecular weight excluding hydrogens is 346 g/mol. The minimum Gasteiger partial charge on any atom is -0.489 e. The van der Waals surface area contributed by atoms with E-state index in [9.17, 15) is 9.90 Å². The lowest BCUT2D eigenvalue weighted by Gasteiger charge is -2.08. The SMILES string of the molecule is O=C(O)c1nc2c(s1)C1(COc3ccccc3-2)OC1Br. The molecule has 2 atom stereocenters. The highest BCUT2D eigenvalue weighted by molar-refractivity contribution is 9.09. The number of aromatic carboxylic acids is 1. The molecule has 0 bridgehead atoms. The van der Waals surface area contributed by atoms with Gasteiger partial charge < -0.3 is 14.6 Å². The molecule has 4 rings (SSSR count). The van der Waals surface area contributed by atoms with Crippen molar-refractivity contribution in [1.29, 1.82) is 0 Å². The van der Waals surface area contributed by atoms with E-state index in [0.717, 1.165) is 21.8 Å². The lowest BCUT2D eigenvalue weighted by atomic mass is 10.0. The van der Waals surface area contributed by atoms with E-state index in [4.69, 9.17) is 9.47 Å². The number of halogens is 1. The van der Waals surface area contributed by atoms with Crippen molar-refractivity contribution in [3.63, 3.8) is 0 Å². The van der Waals surface area contributed by atoms with Crippen LogP contribution in [0.3, 0.4) is 0 Å². The van der Waals surface area contributed by atoms with E-state index in [1.807, 2.05) is 24.3 Å². The third kappa shape index (κ3) is 1.57. The zero-order valence-corrected chi connectivity index (χ0v) is 12.4. The van der Waals surface area contributed by atoms with E-state index in [-0.39, 0.29) is 10.0 Å². The number of carboxylic acid groups (broad SMARTS) is 1. The van der Waals surface area contributed by atoms with Crippen molar-refractivity contribution in [3.8, 4) is 17.0 Å². The topological polar surface area (TPSA) is 72.0 Å². The van der Waals surface area contributed by atoms with Gasteiger partial charge in [0.1, 0.15) is 12.4 Å². The summed E-state index contributed by atoms with van der Waals surface area (Å²) in [5.74, 6) is -0.327. The van der Waals surface area contributed by atoms with Gasteiger partial charge in [0.25, 0.3) is 0 Å². The van der Waals surface area contributed by atoms with Gasteiger partial charge in [-0.2, -0.15) is 0 Å². The molecule has 1 aromatic heterocycles. The summed E-state index contributed by atoms with van der Waals surface area (Å²) in [5.41, 5.74) is 0.820. The maximum absolute atomic E-state index is 11.2. The Morgan fingerprint density at radius 2 is 2.25 bits per heavy atom. The first kappa shape index (κ1) is 12.3. The Morgan fingerprint density at radius 1 is 1.50 bits per heavy atom. The number of hydrogen-bond donors (Lipinski definition) is 1. The Labute approximate surface area is 126 Å². The molecule has 1 saturated heterocycles. The number of rotatable bonds is 1. The number of ether oxygens (including phenoxy) is 2. The summed E-state index contributed by atoms with van der Waals surface area (Å²) in [6.45, 7) is 0.341. The van der Waals surface area contributed by atoms with Crippen LogP contribution in [0.4, 0.5) is 0 Å². The van der Waals surface area contributed by atoms with Crippen molar-refractivity contribution in [2.24, 2.45) is 0 Å². The lowest BCUT2D eigenvalue weighted by Crippen LogP contribution is -2.18. The summed E-state index contributed by atoms with van der Waals surface area (Å²) in [6, 6.07) is 7.48. The molecule has 2 unspecified atom stereocenters. The number of para-hydroxylation sites is 1. The molecule has 1 fully saturated rings. The Morgan fingerprint density at radius 3 is 2.95 bits per heavy atom. The zero-order chi connectivity index (χ0) is 13.9. The Hall–Kier alpha value is -1.44. The van der Waals surface area contributed by atoms with Crippen LogP contribution in [0, 0.1) is 0 Å². The van der Waals surface area contributed by atoms with E-state index in [0.29, 0.717) is 18.1 Å². The van der Waals surface area contributed by atoms with Gasteiger partial charge in [-0.05, 0) is 12.1 Å². The molecule has 1 N–H and O–H groups in total. The summed E-state index contributed by atoms with van der Waals surface area (Å²) in [6.07, 6.45) is 0. The summed E-state index contributed by atoms with van der Waals surface area (Å²) in [7, 11) is 0. The fraction of sp³-hybridized carbons (Fsp3) is 0.231.